The zero-order valence-electron chi connectivity index (χ0n) is 12.7. The number of hydrogen-bond acceptors (Lipinski definition) is 4. The summed E-state index contributed by atoms with van der Waals surface area (Å²) in [6, 6.07) is 0. The van der Waals surface area contributed by atoms with Gasteiger partial charge in [-0.3, -0.25) is 9.59 Å². The van der Waals surface area contributed by atoms with Gasteiger partial charge in [-0.15, -0.1) is 0 Å². The Kier molecular flexibility index (Phi) is 12.7. The molecule has 0 saturated carbocycles. The predicted molar refractivity (Wildman–Crippen MR) is 75.9 cm³/mol. The first-order chi connectivity index (χ1) is 8.81. The van der Waals surface area contributed by atoms with Crippen molar-refractivity contribution in [2.45, 2.75) is 71.3 Å². The van der Waals surface area contributed by atoms with Crippen molar-refractivity contribution in [2.24, 2.45) is 5.73 Å². The van der Waals surface area contributed by atoms with Crippen LogP contribution in [-0.4, -0.2) is 29.7 Å². The maximum Gasteiger partial charge on any atom is 0.306 e. The second kappa shape index (κ2) is 12.0. The van der Waals surface area contributed by atoms with Gasteiger partial charge in [-0.2, -0.15) is 0 Å². The van der Waals surface area contributed by atoms with E-state index < -0.39 is 11.6 Å². The van der Waals surface area contributed by atoms with Crippen molar-refractivity contribution in [3.63, 3.8) is 0 Å². The molecule has 5 heteroatoms. The van der Waals surface area contributed by atoms with Crippen LogP contribution < -0.4 is 5.73 Å². The van der Waals surface area contributed by atoms with Crippen molar-refractivity contribution in [3.05, 3.63) is 0 Å². The van der Waals surface area contributed by atoms with Crippen molar-refractivity contribution < 1.29 is 19.4 Å². The molecule has 0 fully saturated rings. The number of carboxylic acids is 1. The number of esters is 1. The minimum absolute atomic E-state index is 0.150. The molecule has 0 heterocycles. The summed E-state index contributed by atoms with van der Waals surface area (Å²) >= 11 is 0. The third-order valence-corrected chi connectivity index (χ3v) is 2.19. The minimum atomic E-state index is -0.737. The van der Waals surface area contributed by atoms with Crippen LogP contribution in [0.4, 0.5) is 0 Å². The number of carbonyl (C=O) groups is 2. The molecule has 0 spiro atoms. The van der Waals surface area contributed by atoms with E-state index in [0.29, 0.717) is 6.42 Å². The molecule has 0 aliphatic rings. The Morgan fingerprint density at radius 3 is 1.79 bits per heavy atom. The first-order valence-corrected chi connectivity index (χ1v) is 6.82. The lowest BCUT2D eigenvalue weighted by atomic mass is 10.1. The molecule has 114 valence electrons. The third kappa shape index (κ3) is 19.4. The molecule has 5 nitrogen and oxygen atoms in total. The topological polar surface area (TPSA) is 89.6 Å². The summed E-state index contributed by atoms with van der Waals surface area (Å²) in [5.41, 5.74) is 4.10. The number of nitrogens with two attached hydrogens (primary N) is 1. The number of aliphatic carboxylic acids is 1. The van der Waals surface area contributed by atoms with Gasteiger partial charge in [0.15, 0.2) is 0 Å². The van der Waals surface area contributed by atoms with Gasteiger partial charge in [-0.05, 0) is 40.7 Å². The Labute approximate surface area is 116 Å². The summed E-state index contributed by atoms with van der Waals surface area (Å²) in [4.78, 5) is 21.6. The first-order valence-electron chi connectivity index (χ1n) is 6.82. The summed E-state index contributed by atoms with van der Waals surface area (Å²) in [6.45, 7) is 5.57. The Bertz CT molecular complexity index is 246. The fraction of sp³-hybridized carbons (Fsp3) is 0.857. The van der Waals surface area contributed by atoms with Gasteiger partial charge >= 0.3 is 11.9 Å². The summed E-state index contributed by atoms with van der Waals surface area (Å²) in [7, 11) is 1.50. The third-order valence-electron chi connectivity index (χ3n) is 2.19. The Hall–Kier alpha value is -1.10. The standard InChI is InChI=1S/C13H24O4.CH5N/c1-13(2,3)17-12(16)10-8-6-4-5-7-9-11(14)15;1-2/h4-10H2,1-3H3,(H,14,15);2H2,1H3. The van der Waals surface area contributed by atoms with Crippen LogP contribution in [-0.2, 0) is 14.3 Å². The SMILES string of the molecule is CC(C)(C)OC(=O)CCCCCCCC(=O)O.CN. The lowest BCUT2D eigenvalue weighted by molar-refractivity contribution is -0.155. The van der Waals surface area contributed by atoms with Crippen molar-refractivity contribution in [3.8, 4) is 0 Å². The van der Waals surface area contributed by atoms with E-state index in [1.54, 1.807) is 0 Å². The summed E-state index contributed by atoms with van der Waals surface area (Å²) in [5, 5.41) is 8.44. The van der Waals surface area contributed by atoms with Gasteiger partial charge in [0, 0.05) is 12.8 Å². The lowest BCUT2D eigenvalue weighted by Gasteiger charge is -2.19. The molecular weight excluding hydrogens is 246 g/mol. The molecule has 0 aromatic carbocycles. The van der Waals surface area contributed by atoms with Gasteiger partial charge in [0.05, 0.1) is 0 Å². The summed E-state index contributed by atoms with van der Waals surface area (Å²) in [6.07, 6.45) is 5.10. The van der Waals surface area contributed by atoms with E-state index in [9.17, 15) is 9.59 Å². The number of carbonyl (C=O) groups excluding carboxylic acids is 1. The predicted octanol–water partition coefficient (Wildman–Crippen LogP) is 2.72. The van der Waals surface area contributed by atoms with Gasteiger partial charge in [0.25, 0.3) is 0 Å². The van der Waals surface area contributed by atoms with Gasteiger partial charge in [-0.25, -0.2) is 0 Å². The normalized spacial score (nSPS) is 10.4. The molecule has 0 aromatic heterocycles. The maximum atomic E-state index is 11.3. The first kappa shape index (κ1) is 20.2. The number of carboxylic acid groups (broad SMARTS) is 1. The quantitative estimate of drug-likeness (QED) is 0.525. The molecule has 0 bridgehead atoms. The van der Waals surface area contributed by atoms with Crippen LogP contribution in [0, 0.1) is 0 Å². The highest BCUT2D eigenvalue weighted by atomic mass is 16.6. The molecule has 0 amide bonds. The van der Waals surface area contributed by atoms with E-state index in [1.165, 1.54) is 7.05 Å². The highest BCUT2D eigenvalue weighted by Crippen LogP contribution is 2.11. The van der Waals surface area contributed by atoms with Crippen LogP contribution in [0.5, 0.6) is 0 Å². The van der Waals surface area contributed by atoms with Crippen LogP contribution in [0.3, 0.4) is 0 Å². The Morgan fingerprint density at radius 2 is 1.37 bits per heavy atom. The van der Waals surface area contributed by atoms with E-state index in [4.69, 9.17) is 9.84 Å². The van der Waals surface area contributed by atoms with E-state index in [0.717, 1.165) is 32.1 Å². The molecule has 0 radical (unpaired) electrons. The average molecular weight is 275 g/mol. The summed E-state index contributed by atoms with van der Waals surface area (Å²) in [5.74, 6) is -0.887. The Balaban J connectivity index is 0. The average Bonchev–Trinajstić information content (AvgIpc) is 2.27. The van der Waals surface area contributed by atoms with E-state index >= 15 is 0 Å². The number of rotatable bonds is 8. The lowest BCUT2D eigenvalue weighted by Crippen LogP contribution is -2.23. The molecule has 0 aromatic rings. The van der Waals surface area contributed by atoms with E-state index in [-0.39, 0.29) is 12.4 Å². The zero-order valence-corrected chi connectivity index (χ0v) is 12.7. The van der Waals surface area contributed by atoms with Crippen molar-refractivity contribution in [1.29, 1.82) is 0 Å². The number of ether oxygens (including phenoxy) is 1. The molecule has 3 N–H and O–H groups in total. The fourth-order valence-electron chi connectivity index (χ4n) is 1.47. The van der Waals surface area contributed by atoms with Gasteiger partial charge in [0.1, 0.15) is 5.60 Å². The number of unbranched alkanes of at least 4 members (excludes halogenated alkanes) is 4. The highest BCUT2D eigenvalue weighted by molar-refractivity contribution is 5.69. The van der Waals surface area contributed by atoms with Gasteiger partial charge < -0.3 is 15.6 Å². The zero-order chi connectivity index (χ0) is 15.3. The second-order valence-electron chi connectivity index (χ2n) is 5.25. The molecule has 0 atom stereocenters. The van der Waals surface area contributed by atoms with Crippen LogP contribution in [0.15, 0.2) is 0 Å². The van der Waals surface area contributed by atoms with Crippen molar-refractivity contribution in [2.75, 3.05) is 7.05 Å². The Morgan fingerprint density at radius 1 is 0.947 bits per heavy atom. The smallest absolute Gasteiger partial charge is 0.306 e. The van der Waals surface area contributed by atoms with Crippen molar-refractivity contribution >= 4 is 11.9 Å². The van der Waals surface area contributed by atoms with Crippen molar-refractivity contribution in [1.82, 2.24) is 0 Å². The molecule has 0 aliphatic carbocycles. The van der Waals surface area contributed by atoms with Crippen LogP contribution in [0.1, 0.15) is 65.7 Å². The largest absolute Gasteiger partial charge is 0.481 e. The minimum Gasteiger partial charge on any atom is -0.481 e. The molecule has 19 heavy (non-hydrogen) atoms. The van der Waals surface area contributed by atoms with E-state index in [1.807, 2.05) is 20.8 Å². The fourth-order valence-corrected chi connectivity index (χ4v) is 1.47. The molecular formula is C14H29NO4. The molecule has 0 saturated heterocycles. The van der Waals surface area contributed by atoms with Crippen LogP contribution in [0.25, 0.3) is 0 Å². The van der Waals surface area contributed by atoms with Gasteiger partial charge in [0.2, 0.25) is 0 Å². The second-order valence-corrected chi connectivity index (χ2v) is 5.25. The highest BCUT2D eigenvalue weighted by Gasteiger charge is 2.15. The van der Waals surface area contributed by atoms with Crippen LogP contribution >= 0.6 is 0 Å². The molecule has 0 unspecified atom stereocenters. The van der Waals surface area contributed by atoms with Gasteiger partial charge in [-0.1, -0.05) is 19.3 Å². The summed E-state index contributed by atoms with van der Waals surface area (Å²) < 4.78 is 5.18. The van der Waals surface area contributed by atoms with E-state index in [2.05, 4.69) is 5.73 Å². The molecule has 0 rings (SSSR count). The monoisotopic (exact) mass is 275 g/mol. The number of hydrogen-bond donors (Lipinski definition) is 2. The maximum absolute atomic E-state index is 11.3. The van der Waals surface area contributed by atoms with Crippen LogP contribution in [0.2, 0.25) is 0 Å². The molecule has 0 aliphatic heterocycles.